The second-order valence-electron chi connectivity index (χ2n) is 4.25. The van der Waals surface area contributed by atoms with Gasteiger partial charge in [-0.1, -0.05) is 0 Å². The molecule has 2 rings (SSSR count). The summed E-state index contributed by atoms with van der Waals surface area (Å²) >= 11 is 5.28. The first-order valence-corrected chi connectivity index (χ1v) is 7.26. The molecule has 2 heterocycles. The van der Waals surface area contributed by atoms with Crippen molar-refractivity contribution < 1.29 is 0 Å². The number of hydrogen-bond acceptors (Lipinski definition) is 3. The molecule has 2 aromatic rings. The minimum absolute atomic E-state index is 0.422. The van der Waals surface area contributed by atoms with Crippen molar-refractivity contribution in [3.05, 3.63) is 32.7 Å². The van der Waals surface area contributed by atoms with Gasteiger partial charge in [-0.25, -0.2) is 4.98 Å². The molecule has 0 aromatic carbocycles. The van der Waals surface area contributed by atoms with Gasteiger partial charge in [-0.15, -0.1) is 11.3 Å². The molecule has 17 heavy (non-hydrogen) atoms. The quantitative estimate of drug-likeness (QED) is 0.916. The van der Waals surface area contributed by atoms with Crippen molar-refractivity contribution in [2.75, 3.05) is 5.32 Å². The highest BCUT2D eigenvalue weighted by molar-refractivity contribution is 9.10. The molecule has 3 nitrogen and oxygen atoms in total. The highest BCUT2D eigenvalue weighted by atomic mass is 79.9. The average molecular weight is 314 g/mol. The Balaban J connectivity index is 2.11. The Morgan fingerprint density at radius 2 is 2.29 bits per heavy atom. The van der Waals surface area contributed by atoms with Gasteiger partial charge < -0.3 is 9.88 Å². The van der Waals surface area contributed by atoms with Gasteiger partial charge in [0.2, 0.25) is 5.95 Å². The fraction of sp³-hybridized carbons (Fsp3) is 0.417. The summed E-state index contributed by atoms with van der Waals surface area (Å²) in [6.45, 7) is 7.15. The molecule has 0 spiro atoms. The van der Waals surface area contributed by atoms with E-state index in [1.807, 2.05) is 6.92 Å². The van der Waals surface area contributed by atoms with Gasteiger partial charge in [0.25, 0.3) is 0 Å². The highest BCUT2D eigenvalue weighted by Gasteiger charge is 2.09. The number of anilines is 1. The van der Waals surface area contributed by atoms with Crippen LogP contribution in [0.1, 0.15) is 30.5 Å². The number of imidazole rings is 1. The second kappa shape index (κ2) is 5.23. The molecule has 0 saturated heterocycles. The van der Waals surface area contributed by atoms with Gasteiger partial charge >= 0.3 is 0 Å². The van der Waals surface area contributed by atoms with E-state index in [1.54, 1.807) is 11.3 Å². The summed E-state index contributed by atoms with van der Waals surface area (Å²) in [5, 5.41) is 5.48. The van der Waals surface area contributed by atoms with Crippen molar-refractivity contribution in [1.82, 2.24) is 9.55 Å². The maximum atomic E-state index is 4.50. The normalized spacial score (nSPS) is 11.1. The molecular formula is C12H16BrN3S. The lowest BCUT2D eigenvalue weighted by Gasteiger charge is -2.12. The van der Waals surface area contributed by atoms with Crippen molar-refractivity contribution in [1.29, 1.82) is 0 Å². The lowest BCUT2D eigenvalue weighted by atomic mass is 10.4. The summed E-state index contributed by atoms with van der Waals surface area (Å²) in [6.07, 6.45) is 2.08. The second-order valence-corrected chi connectivity index (χ2v) is 6.11. The number of nitrogens with zero attached hydrogens (tertiary/aromatic N) is 2. The van der Waals surface area contributed by atoms with Crippen LogP contribution < -0.4 is 5.32 Å². The topological polar surface area (TPSA) is 29.9 Å². The molecule has 0 aliphatic carbocycles. The Labute approximate surface area is 114 Å². The van der Waals surface area contributed by atoms with E-state index in [1.165, 1.54) is 4.88 Å². The van der Waals surface area contributed by atoms with Crippen LogP contribution in [-0.4, -0.2) is 9.55 Å². The number of hydrogen-bond donors (Lipinski definition) is 1. The van der Waals surface area contributed by atoms with Crippen LogP contribution in [0.15, 0.2) is 22.1 Å². The third-order valence-corrected chi connectivity index (χ3v) is 4.43. The van der Waals surface area contributed by atoms with E-state index in [2.05, 4.69) is 62.3 Å². The largest absolute Gasteiger partial charge is 0.351 e. The van der Waals surface area contributed by atoms with Crippen molar-refractivity contribution in [2.45, 2.75) is 33.4 Å². The van der Waals surface area contributed by atoms with Gasteiger partial charge in [-0.3, -0.25) is 0 Å². The van der Waals surface area contributed by atoms with Crippen LogP contribution in [0.25, 0.3) is 0 Å². The number of halogens is 1. The first-order valence-electron chi connectivity index (χ1n) is 5.59. The zero-order valence-electron chi connectivity index (χ0n) is 10.2. The lowest BCUT2D eigenvalue weighted by molar-refractivity contribution is 0.604. The molecule has 0 bridgehead atoms. The third-order valence-electron chi connectivity index (χ3n) is 2.51. The number of aryl methyl sites for hydroxylation is 1. The monoisotopic (exact) mass is 313 g/mol. The van der Waals surface area contributed by atoms with Gasteiger partial charge in [0.1, 0.15) is 0 Å². The van der Waals surface area contributed by atoms with E-state index >= 15 is 0 Å². The Bertz CT molecular complexity index is 502. The Hall–Kier alpha value is -0.810. The van der Waals surface area contributed by atoms with Crippen LogP contribution in [0, 0.1) is 6.92 Å². The van der Waals surface area contributed by atoms with E-state index in [0.717, 1.165) is 22.7 Å². The molecule has 1 N–H and O–H groups in total. The maximum Gasteiger partial charge on any atom is 0.203 e. The van der Waals surface area contributed by atoms with Crippen molar-refractivity contribution >= 4 is 33.2 Å². The van der Waals surface area contributed by atoms with Crippen LogP contribution in [-0.2, 0) is 6.54 Å². The number of rotatable bonds is 4. The SMILES string of the molecule is Cc1cn(C(C)C)c(NCc2sccc2Br)n1. The van der Waals surface area contributed by atoms with E-state index in [0.29, 0.717) is 6.04 Å². The zero-order chi connectivity index (χ0) is 12.4. The van der Waals surface area contributed by atoms with E-state index < -0.39 is 0 Å². The summed E-state index contributed by atoms with van der Waals surface area (Å²) < 4.78 is 3.32. The summed E-state index contributed by atoms with van der Waals surface area (Å²) in [5.41, 5.74) is 1.05. The number of thiophene rings is 1. The van der Waals surface area contributed by atoms with Crippen molar-refractivity contribution in [3.63, 3.8) is 0 Å². The lowest BCUT2D eigenvalue weighted by Crippen LogP contribution is -2.08. The summed E-state index contributed by atoms with van der Waals surface area (Å²) in [6, 6.07) is 2.49. The molecule has 0 fully saturated rings. The van der Waals surface area contributed by atoms with E-state index in [-0.39, 0.29) is 0 Å². The first kappa shape index (κ1) is 12.6. The molecule has 0 unspecified atom stereocenters. The maximum absolute atomic E-state index is 4.50. The van der Waals surface area contributed by atoms with Gasteiger partial charge in [0.15, 0.2) is 0 Å². The molecule has 0 amide bonds. The minimum Gasteiger partial charge on any atom is -0.351 e. The Morgan fingerprint density at radius 3 is 2.88 bits per heavy atom. The molecule has 0 aliphatic heterocycles. The smallest absolute Gasteiger partial charge is 0.203 e. The Kier molecular flexibility index (Phi) is 3.89. The van der Waals surface area contributed by atoms with Crippen molar-refractivity contribution in [3.8, 4) is 0 Å². The van der Waals surface area contributed by atoms with E-state index in [4.69, 9.17) is 0 Å². The van der Waals surface area contributed by atoms with E-state index in [9.17, 15) is 0 Å². The zero-order valence-corrected chi connectivity index (χ0v) is 12.6. The molecule has 5 heteroatoms. The molecule has 0 saturated carbocycles. The predicted molar refractivity (Wildman–Crippen MR) is 76.7 cm³/mol. The molecule has 0 aliphatic rings. The molecule has 0 atom stereocenters. The van der Waals surface area contributed by atoms with Gasteiger partial charge in [0.05, 0.1) is 12.2 Å². The predicted octanol–water partition coefficient (Wildman–Crippen LogP) is 4.21. The fourth-order valence-corrected chi connectivity index (χ4v) is 3.08. The molecule has 2 aromatic heterocycles. The summed E-state index contributed by atoms with van der Waals surface area (Å²) in [4.78, 5) is 5.79. The van der Waals surface area contributed by atoms with Gasteiger partial charge in [-0.05, 0) is 48.1 Å². The van der Waals surface area contributed by atoms with Gasteiger partial charge in [0, 0.05) is 21.6 Å². The van der Waals surface area contributed by atoms with Crippen LogP contribution in [0.5, 0.6) is 0 Å². The molecular weight excluding hydrogens is 298 g/mol. The molecule has 0 radical (unpaired) electrons. The first-order chi connectivity index (χ1) is 8.08. The number of aromatic nitrogens is 2. The highest BCUT2D eigenvalue weighted by Crippen LogP contribution is 2.24. The van der Waals surface area contributed by atoms with Crippen molar-refractivity contribution in [2.24, 2.45) is 0 Å². The Morgan fingerprint density at radius 1 is 1.53 bits per heavy atom. The summed E-state index contributed by atoms with van der Waals surface area (Å²) in [5.74, 6) is 0.942. The number of nitrogens with one attached hydrogen (secondary N) is 1. The fourth-order valence-electron chi connectivity index (χ4n) is 1.65. The minimum atomic E-state index is 0.422. The van der Waals surface area contributed by atoms with Crippen LogP contribution in [0.3, 0.4) is 0 Å². The third kappa shape index (κ3) is 2.90. The van der Waals surface area contributed by atoms with Crippen LogP contribution in [0.4, 0.5) is 5.95 Å². The van der Waals surface area contributed by atoms with Crippen LogP contribution in [0.2, 0.25) is 0 Å². The average Bonchev–Trinajstić information content (AvgIpc) is 2.82. The summed E-state index contributed by atoms with van der Waals surface area (Å²) in [7, 11) is 0. The van der Waals surface area contributed by atoms with Gasteiger partial charge in [-0.2, -0.15) is 0 Å². The van der Waals surface area contributed by atoms with Crippen LogP contribution >= 0.6 is 27.3 Å². The molecule has 92 valence electrons. The standard InChI is InChI=1S/C12H16BrN3S/c1-8(2)16-7-9(3)15-12(16)14-6-11-10(13)4-5-17-11/h4-5,7-8H,6H2,1-3H3,(H,14,15).